The highest BCUT2D eigenvalue weighted by Crippen LogP contribution is 2.20. The molecule has 9 heteroatoms. The van der Waals surface area contributed by atoms with Crippen LogP contribution in [-0.4, -0.2) is 40.7 Å². The molecule has 0 aliphatic carbocycles. The van der Waals surface area contributed by atoms with Crippen LogP contribution in [0.15, 0.2) is 6.33 Å². The van der Waals surface area contributed by atoms with Crippen LogP contribution in [0, 0.1) is 10.1 Å². The molecule has 1 aromatic heterocycles. The number of hydrogen-bond donors (Lipinski definition) is 1. The fourth-order valence-electron chi connectivity index (χ4n) is 1.17. The number of rotatable bonds is 7. The molecular formula is C8H12F2N4O3. The highest BCUT2D eigenvalue weighted by Gasteiger charge is 2.19. The fraction of sp³-hybridized carbons (Fsp3) is 0.625. The summed E-state index contributed by atoms with van der Waals surface area (Å²) in [4.78, 5) is 13.5. The van der Waals surface area contributed by atoms with Crippen LogP contribution < -0.4 is 5.32 Å². The van der Waals surface area contributed by atoms with Gasteiger partial charge in [-0.3, -0.25) is 4.57 Å². The molecule has 17 heavy (non-hydrogen) atoms. The topological polar surface area (TPSA) is 82.2 Å². The van der Waals surface area contributed by atoms with Crippen molar-refractivity contribution in [2.75, 3.05) is 25.1 Å². The molecule has 1 aromatic rings. The van der Waals surface area contributed by atoms with E-state index in [-0.39, 0.29) is 24.8 Å². The van der Waals surface area contributed by atoms with E-state index in [9.17, 15) is 18.9 Å². The third-order valence-corrected chi connectivity index (χ3v) is 1.87. The summed E-state index contributed by atoms with van der Waals surface area (Å²) >= 11 is 0. The average Bonchev–Trinajstić information content (AvgIpc) is 2.59. The van der Waals surface area contributed by atoms with Crippen LogP contribution >= 0.6 is 0 Å². The van der Waals surface area contributed by atoms with Crippen LogP contribution in [-0.2, 0) is 11.8 Å². The van der Waals surface area contributed by atoms with Crippen molar-refractivity contribution in [1.29, 1.82) is 0 Å². The SMILES string of the molecule is Cn1cnc([N+](=O)[O-])c1NCCOCC(F)F. The molecule has 0 bridgehead atoms. The number of aryl methyl sites for hydroxylation is 1. The van der Waals surface area contributed by atoms with Gasteiger partial charge in [-0.1, -0.05) is 0 Å². The Labute approximate surface area is 95.5 Å². The first-order chi connectivity index (χ1) is 8.02. The van der Waals surface area contributed by atoms with Crippen LogP contribution in [0.4, 0.5) is 20.4 Å². The molecule has 0 aliphatic heterocycles. The third kappa shape index (κ3) is 3.94. The van der Waals surface area contributed by atoms with Gasteiger partial charge in [-0.25, -0.2) is 8.78 Å². The van der Waals surface area contributed by atoms with E-state index in [1.165, 1.54) is 10.9 Å². The van der Waals surface area contributed by atoms with Gasteiger partial charge in [0.15, 0.2) is 0 Å². The zero-order valence-electron chi connectivity index (χ0n) is 9.10. The Morgan fingerprint density at radius 1 is 1.71 bits per heavy atom. The van der Waals surface area contributed by atoms with E-state index in [1.807, 2.05) is 0 Å². The van der Waals surface area contributed by atoms with E-state index in [2.05, 4.69) is 15.0 Å². The van der Waals surface area contributed by atoms with Gasteiger partial charge in [0, 0.05) is 13.6 Å². The maximum atomic E-state index is 11.7. The molecular weight excluding hydrogens is 238 g/mol. The number of alkyl halides is 2. The molecule has 0 radical (unpaired) electrons. The molecule has 0 amide bonds. The lowest BCUT2D eigenvalue weighted by Crippen LogP contribution is -2.15. The molecule has 0 fully saturated rings. The Balaban J connectivity index is 2.41. The molecule has 0 spiro atoms. The number of nitrogens with zero attached hydrogens (tertiary/aromatic N) is 3. The van der Waals surface area contributed by atoms with Gasteiger partial charge >= 0.3 is 5.82 Å². The lowest BCUT2D eigenvalue weighted by molar-refractivity contribution is -0.388. The van der Waals surface area contributed by atoms with E-state index in [0.717, 1.165) is 0 Å². The monoisotopic (exact) mass is 250 g/mol. The first-order valence-electron chi connectivity index (χ1n) is 4.78. The quantitative estimate of drug-likeness (QED) is 0.444. The number of ether oxygens (including phenoxy) is 1. The molecule has 96 valence electrons. The fourth-order valence-corrected chi connectivity index (χ4v) is 1.17. The number of anilines is 1. The van der Waals surface area contributed by atoms with E-state index in [1.54, 1.807) is 7.05 Å². The summed E-state index contributed by atoms with van der Waals surface area (Å²) in [5, 5.41) is 13.3. The Morgan fingerprint density at radius 3 is 3.00 bits per heavy atom. The van der Waals surface area contributed by atoms with Gasteiger partial charge in [0.05, 0.1) is 6.61 Å². The van der Waals surface area contributed by atoms with Gasteiger partial charge in [-0.05, 0) is 9.91 Å². The van der Waals surface area contributed by atoms with Crippen molar-refractivity contribution < 1.29 is 18.4 Å². The second-order valence-corrected chi connectivity index (χ2v) is 3.18. The van der Waals surface area contributed by atoms with E-state index < -0.39 is 18.0 Å². The lowest BCUT2D eigenvalue weighted by atomic mass is 10.5. The van der Waals surface area contributed by atoms with Gasteiger partial charge in [0.2, 0.25) is 12.1 Å². The molecule has 0 aliphatic rings. The standard InChI is InChI=1S/C8H12F2N4O3/c1-13-5-12-8(14(15)16)7(13)11-2-3-17-4-6(9)10/h5-6,11H,2-4H2,1H3. The number of nitro groups is 1. The largest absolute Gasteiger partial charge is 0.406 e. The minimum absolute atomic E-state index is 0.0344. The van der Waals surface area contributed by atoms with E-state index in [4.69, 9.17) is 0 Å². The van der Waals surface area contributed by atoms with Gasteiger partial charge < -0.3 is 20.2 Å². The number of nitrogens with one attached hydrogen (secondary N) is 1. The minimum Gasteiger partial charge on any atom is -0.374 e. The zero-order valence-corrected chi connectivity index (χ0v) is 9.10. The molecule has 1 N–H and O–H groups in total. The van der Waals surface area contributed by atoms with Crippen molar-refractivity contribution in [2.24, 2.45) is 7.05 Å². The van der Waals surface area contributed by atoms with Crippen LogP contribution in [0.25, 0.3) is 0 Å². The summed E-state index contributed by atoms with van der Waals surface area (Å²) in [6, 6.07) is 0. The maximum absolute atomic E-state index is 11.7. The predicted octanol–water partition coefficient (Wildman–Crippen LogP) is 1.02. The number of halogens is 2. The first-order valence-corrected chi connectivity index (χ1v) is 4.78. The molecule has 1 rings (SSSR count). The van der Waals surface area contributed by atoms with Crippen molar-refractivity contribution in [3.05, 3.63) is 16.4 Å². The van der Waals surface area contributed by atoms with Gasteiger partial charge in [0.25, 0.3) is 6.43 Å². The summed E-state index contributed by atoms with van der Waals surface area (Å²) in [6.07, 6.45) is -1.22. The summed E-state index contributed by atoms with van der Waals surface area (Å²) in [6.45, 7) is -0.422. The smallest absolute Gasteiger partial charge is 0.374 e. The van der Waals surface area contributed by atoms with E-state index in [0.29, 0.717) is 0 Å². The molecule has 0 saturated carbocycles. The van der Waals surface area contributed by atoms with Crippen LogP contribution in [0.3, 0.4) is 0 Å². The highest BCUT2D eigenvalue weighted by molar-refractivity contribution is 5.51. The lowest BCUT2D eigenvalue weighted by Gasteiger charge is -2.06. The predicted molar refractivity (Wildman–Crippen MR) is 55.2 cm³/mol. The van der Waals surface area contributed by atoms with Crippen molar-refractivity contribution in [2.45, 2.75) is 6.43 Å². The van der Waals surface area contributed by atoms with Gasteiger partial charge in [-0.15, -0.1) is 0 Å². The third-order valence-electron chi connectivity index (χ3n) is 1.87. The highest BCUT2D eigenvalue weighted by atomic mass is 19.3. The maximum Gasteiger partial charge on any atom is 0.406 e. The molecule has 0 aromatic carbocycles. The Hall–Kier alpha value is -1.77. The van der Waals surface area contributed by atoms with Crippen molar-refractivity contribution in [3.63, 3.8) is 0 Å². The normalized spacial score (nSPS) is 10.8. The molecule has 0 atom stereocenters. The Morgan fingerprint density at radius 2 is 2.41 bits per heavy atom. The minimum atomic E-state index is -2.51. The van der Waals surface area contributed by atoms with Gasteiger partial charge in [0.1, 0.15) is 6.61 Å². The number of hydrogen-bond acceptors (Lipinski definition) is 5. The van der Waals surface area contributed by atoms with Crippen molar-refractivity contribution >= 4 is 11.6 Å². The summed E-state index contributed by atoms with van der Waals surface area (Å²) in [5.41, 5.74) is 0. The Bertz CT molecular complexity index is 383. The van der Waals surface area contributed by atoms with Crippen molar-refractivity contribution in [1.82, 2.24) is 9.55 Å². The average molecular weight is 250 g/mol. The van der Waals surface area contributed by atoms with E-state index >= 15 is 0 Å². The molecule has 0 unspecified atom stereocenters. The second-order valence-electron chi connectivity index (χ2n) is 3.18. The number of aromatic nitrogens is 2. The summed E-state index contributed by atoms with van der Waals surface area (Å²) < 4.78 is 29.5. The first kappa shape index (κ1) is 13.3. The summed E-state index contributed by atoms with van der Waals surface area (Å²) in [5.74, 6) is -0.0861. The van der Waals surface area contributed by atoms with Crippen molar-refractivity contribution in [3.8, 4) is 0 Å². The number of imidazole rings is 1. The summed E-state index contributed by atoms with van der Waals surface area (Å²) in [7, 11) is 1.59. The van der Waals surface area contributed by atoms with Crippen LogP contribution in [0.5, 0.6) is 0 Å². The van der Waals surface area contributed by atoms with Crippen LogP contribution in [0.1, 0.15) is 0 Å². The molecule has 1 heterocycles. The molecule has 7 nitrogen and oxygen atoms in total. The Kier molecular flexibility index (Phi) is 4.76. The van der Waals surface area contributed by atoms with Gasteiger partial charge in [-0.2, -0.15) is 0 Å². The van der Waals surface area contributed by atoms with Crippen LogP contribution in [0.2, 0.25) is 0 Å². The second kappa shape index (κ2) is 6.09. The molecule has 0 saturated heterocycles. The zero-order chi connectivity index (χ0) is 12.8.